The van der Waals surface area contributed by atoms with E-state index >= 15 is 0 Å². The summed E-state index contributed by atoms with van der Waals surface area (Å²) in [6.07, 6.45) is 8.02. The van der Waals surface area contributed by atoms with Gasteiger partial charge in [-0.3, -0.25) is 0 Å². The number of H-pyrrole nitrogens is 1. The summed E-state index contributed by atoms with van der Waals surface area (Å²) in [5, 5.41) is 9.94. The average molecular weight is 275 g/mol. The Labute approximate surface area is 119 Å². The fourth-order valence-corrected chi connectivity index (χ4v) is 2.29. The lowest BCUT2D eigenvalue weighted by Crippen LogP contribution is -1.93. The predicted octanol–water partition coefficient (Wildman–Crippen LogP) is 1.87. The SMILES string of the molecule is c1cc(-c2ncncn2)c2c(-c3nccnn3)[nH]cc2c1. The highest BCUT2D eigenvalue weighted by Gasteiger charge is 2.14. The van der Waals surface area contributed by atoms with Crippen molar-refractivity contribution in [3.8, 4) is 22.9 Å². The fourth-order valence-electron chi connectivity index (χ4n) is 2.29. The number of hydrogen-bond acceptors (Lipinski definition) is 6. The maximum absolute atomic E-state index is 4.25. The normalized spacial score (nSPS) is 10.9. The molecule has 0 saturated carbocycles. The molecule has 0 aliphatic heterocycles. The lowest BCUT2D eigenvalue weighted by Gasteiger charge is -2.03. The average Bonchev–Trinajstić information content (AvgIpc) is 3.00. The molecule has 0 bridgehead atoms. The summed E-state index contributed by atoms with van der Waals surface area (Å²) in [4.78, 5) is 19.7. The molecule has 21 heavy (non-hydrogen) atoms. The molecule has 0 amide bonds. The Kier molecular flexibility index (Phi) is 2.60. The van der Waals surface area contributed by atoms with Crippen molar-refractivity contribution in [2.75, 3.05) is 0 Å². The van der Waals surface area contributed by atoms with Gasteiger partial charge in [-0.15, -0.1) is 5.10 Å². The molecular formula is C14H9N7. The van der Waals surface area contributed by atoms with Gasteiger partial charge in [-0.25, -0.2) is 19.9 Å². The molecule has 3 aromatic heterocycles. The quantitative estimate of drug-likeness (QED) is 0.600. The van der Waals surface area contributed by atoms with Crippen LogP contribution in [0.1, 0.15) is 0 Å². The minimum atomic E-state index is 0.536. The molecule has 0 unspecified atom stereocenters. The van der Waals surface area contributed by atoms with Gasteiger partial charge in [0.15, 0.2) is 11.6 Å². The second-order valence-electron chi connectivity index (χ2n) is 4.36. The van der Waals surface area contributed by atoms with Crippen LogP contribution in [0, 0.1) is 0 Å². The van der Waals surface area contributed by atoms with Crippen LogP contribution in [0.4, 0.5) is 0 Å². The van der Waals surface area contributed by atoms with Gasteiger partial charge in [0.2, 0.25) is 0 Å². The second kappa shape index (κ2) is 4.71. The molecule has 3 heterocycles. The van der Waals surface area contributed by atoms with Gasteiger partial charge in [0, 0.05) is 28.7 Å². The molecule has 7 heteroatoms. The van der Waals surface area contributed by atoms with Crippen molar-refractivity contribution in [1.29, 1.82) is 0 Å². The summed E-state index contributed by atoms with van der Waals surface area (Å²) in [7, 11) is 0. The highest BCUT2D eigenvalue weighted by molar-refractivity contribution is 6.03. The Bertz CT molecular complexity index is 887. The topological polar surface area (TPSA) is 93.1 Å². The first-order valence-corrected chi connectivity index (χ1v) is 6.30. The van der Waals surface area contributed by atoms with Gasteiger partial charge in [-0.1, -0.05) is 18.2 Å². The number of hydrogen-bond donors (Lipinski definition) is 1. The van der Waals surface area contributed by atoms with Crippen LogP contribution < -0.4 is 0 Å². The van der Waals surface area contributed by atoms with Crippen LogP contribution in [-0.4, -0.2) is 35.1 Å². The Hall–Kier alpha value is -3.22. The molecule has 0 radical (unpaired) electrons. The molecule has 0 saturated heterocycles. The molecular weight excluding hydrogens is 266 g/mol. The van der Waals surface area contributed by atoms with E-state index in [1.54, 1.807) is 12.4 Å². The van der Waals surface area contributed by atoms with Crippen LogP contribution in [0.15, 0.2) is 49.4 Å². The molecule has 0 aliphatic carbocycles. The van der Waals surface area contributed by atoms with Crippen molar-refractivity contribution in [2.45, 2.75) is 0 Å². The first kappa shape index (κ1) is 11.6. The van der Waals surface area contributed by atoms with E-state index in [4.69, 9.17) is 0 Å². The van der Waals surface area contributed by atoms with Crippen LogP contribution in [0.25, 0.3) is 33.7 Å². The minimum absolute atomic E-state index is 0.536. The van der Waals surface area contributed by atoms with Gasteiger partial charge < -0.3 is 4.98 Å². The second-order valence-corrected chi connectivity index (χ2v) is 4.36. The van der Waals surface area contributed by atoms with Crippen LogP contribution in [-0.2, 0) is 0 Å². The first-order chi connectivity index (χ1) is 10.4. The highest BCUT2D eigenvalue weighted by atomic mass is 15.1. The van der Waals surface area contributed by atoms with E-state index in [0.29, 0.717) is 11.6 Å². The third kappa shape index (κ3) is 1.91. The maximum atomic E-state index is 4.25. The largest absolute Gasteiger partial charge is 0.357 e. The van der Waals surface area contributed by atoms with Crippen LogP contribution >= 0.6 is 0 Å². The zero-order valence-electron chi connectivity index (χ0n) is 10.8. The van der Waals surface area contributed by atoms with E-state index in [1.807, 2.05) is 24.4 Å². The third-order valence-corrected chi connectivity index (χ3v) is 3.16. The molecule has 0 aliphatic rings. The highest BCUT2D eigenvalue weighted by Crippen LogP contribution is 2.32. The first-order valence-electron chi connectivity index (χ1n) is 6.30. The standard InChI is InChI=1S/C14H9N7/c1-2-9-6-17-12(14-16-4-5-20-21-14)11(9)10(3-1)13-18-7-15-8-19-13/h1-8,17H. The van der Waals surface area contributed by atoms with E-state index in [2.05, 4.69) is 35.1 Å². The molecule has 7 nitrogen and oxygen atoms in total. The van der Waals surface area contributed by atoms with Gasteiger partial charge in [-0.2, -0.15) is 5.10 Å². The Morgan fingerprint density at radius 1 is 0.905 bits per heavy atom. The van der Waals surface area contributed by atoms with Crippen LogP contribution in [0.2, 0.25) is 0 Å². The number of benzene rings is 1. The van der Waals surface area contributed by atoms with Crippen LogP contribution in [0.3, 0.4) is 0 Å². The number of rotatable bonds is 2. The monoisotopic (exact) mass is 275 g/mol. The molecule has 0 atom stereocenters. The number of aromatic amines is 1. The zero-order valence-corrected chi connectivity index (χ0v) is 10.8. The van der Waals surface area contributed by atoms with Gasteiger partial charge >= 0.3 is 0 Å². The Morgan fingerprint density at radius 2 is 1.81 bits per heavy atom. The Morgan fingerprint density at radius 3 is 2.62 bits per heavy atom. The van der Waals surface area contributed by atoms with Crippen molar-refractivity contribution >= 4 is 10.8 Å². The maximum Gasteiger partial charge on any atom is 0.198 e. The van der Waals surface area contributed by atoms with E-state index in [1.165, 1.54) is 12.7 Å². The molecule has 0 fully saturated rings. The summed E-state index contributed by atoms with van der Waals surface area (Å²) in [5.41, 5.74) is 1.70. The summed E-state index contributed by atoms with van der Waals surface area (Å²) >= 11 is 0. The minimum Gasteiger partial charge on any atom is -0.357 e. The Balaban J connectivity index is 2.03. The van der Waals surface area contributed by atoms with Crippen molar-refractivity contribution in [1.82, 2.24) is 35.1 Å². The van der Waals surface area contributed by atoms with Crippen molar-refractivity contribution in [3.63, 3.8) is 0 Å². The third-order valence-electron chi connectivity index (χ3n) is 3.16. The van der Waals surface area contributed by atoms with Crippen molar-refractivity contribution in [3.05, 3.63) is 49.4 Å². The molecule has 1 aromatic carbocycles. The lowest BCUT2D eigenvalue weighted by molar-refractivity contribution is 0.974. The summed E-state index contributed by atoms with van der Waals surface area (Å²) in [6.45, 7) is 0. The molecule has 4 rings (SSSR count). The van der Waals surface area contributed by atoms with Gasteiger partial charge in [-0.05, 0) is 0 Å². The number of aromatic nitrogens is 7. The van der Waals surface area contributed by atoms with E-state index in [9.17, 15) is 0 Å². The molecule has 0 spiro atoms. The van der Waals surface area contributed by atoms with Gasteiger partial charge in [0.05, 0.1) is 11.9 Å². The molecule has 4 aromatic rings. The predicted molar refractivity (Wildman–Crippen MR) is 75.9 cm³/mol. The van der Waals surface area contributed by atoms with E-state index in [0.717, 1.165) is 22.0 Å². The van der Waals surface area contributed by atoms with Crippen molar-refractivity contribution < 1.29 is 0 Å². The van der Waals surface area contributed by atoms with Crippen LogP contribution in [0.5, 0.6) is 0 Å². The van der Waals surface area contributed by atoms with Gasteiger partial charge in [0.1, 0.15) is 12.7 Å². The number of fused-ring (bicyclic) bond motifs is 1. The number of nitrogens with zero attached hydrogens (tertiary/aromatic N) is 6. The van der Waals surface area contributed by atoms with E-state index < -0.39 is 0 Å². The lowest BCUT2D eigenvalue weighted by atomic mass is 10.1. The summed E-state index contributed by atoms with van der Waals surface area (Å²) in [6, 6.07) is 5.94. The smallest absolute Gasteiger partial charge is 0.198 e. The van der Waals surface area contributed by atoms with Gasteiger partial charge in [0.25, 0.3) is 0 Å². The summed E-state index contributed by atoms with van der Waals surface area (Å²) < 4.78 is 0. The molecule has 100 valence electrons. The van der Waals surface area contributed by atoms with Crippen molar-refractivity contribution in [2.24, 2.45) is 0 Å². The molecule has 1 N–H and O–H groups in total. The fraction of sp³-hybridized carbons (Fsp3) is 0. The summed E-state index contributed by atoms with van der Waals surface area (Å²) in [5.74, 6) is 1.15. The number of nitrogens with one attached hydrogen (secondary N) is 1. The zero-order chi connectivity index (χ0) is 14.1. The van der Waals surface area contributed by atoms with E-state index in [-0.39, 0.29) is 0 Å².